The molecule has 2 N–H and O–H groups in total. The van der Waals surface area contributed by atoms with Crippen LogP contribution in [0.5, 0.6) is 0 Å². The second-order valence-electron chi connectivity index (χ2n) is 7.72. The summed E-state index contributed by atoms with van der Waals surface area (Å²) in [5, 5.41) is 16.5. The van der Waals surface area contributed by atoms with Crippen molar-refractivity contribution in [3.8, 4) is 16.9 Å². The molecule has 0 saturated carbocycles. The third-order valence-corrected chi connectivity index (χ3v) is 5.01. The van der Waals surface area contributed by atoms with Gasteiger partial charge >= 0.3 is 0 Å². The molecule has 8 nitrogen and oxygen atoms in total. The molecule has 2 heterocycles. The number of aryl methyl sites for hydroxylation is 1. The summed E-state index contributed by atoms with van der Waals surface area (Å²) in [6.45, 7) is 5.64. The quantitative estimate of drug-likeness (QED) is 0.623. The summed E-state index contributed by atoms with van der Waals surface area (Å²) in [5.74, 6) is 0.498. The zero-order valence-electron chi connectivity index (χ0n) is 18.0. The van der Waals surface area contributed by atoms with Gasteiger partial charge in [0, 0.05) is 23.4 Å². The molecular formula is C22H28N6O2. The summed E-state index contributed by atoms with van der Waals surface area (Å²) in [4.78, 5) is 23.8. The average molecular weight is 409 g/mol. The normalized spacial score (nSPS) is 13.3. The van der Waals surface area contributed by atoms with Crippen molar-refractivity contribution in [1.82, 2.24) is 30.0 Å². The molecule has 0 aliphatic heterocycles. The fourth-order valence-electron chi connectivity index (χ4n) is 2.97. The lowest BCUT2D eigenvalue weighted by atomic mass is 10.0. The number of nitrogens with one attached hydrogen (secondary N) is 1. The van der Waals surface area contributed by atoms with E-state index < -0.39 is 0 Å². The number of carbonyl (C=O) groups excluding carboxylic acids is 1. The van der Waals surface area contributed by atoms with Gasteiger partial charge in [-0.25, -0.2) is 9.67 Å². The summed E-state index contributed by atoms with van der Waals surface area (Å²) < 4.78 is 1.74. The van der Waals surface area contributed by atoms with Crippen molar-refractivity contribution in [3.63, 3.8) is 0 Å². The van der Waals surface area contributed by atoms with Crippen LogP contribution in [0.2, 0.25) is 0 Å². The third kappa shape index (κ3) is 4.72. The van der Waals surface area contributed by atoms with Crippen LogP contribution in [-0.2, 0) is 0 Å². The van der Waals surface area contributed by atoms with E-state index in [1.807, 2.05) is 51.0 Å². The number of hydrogen-bond donors (Lipinski definition) is 2. The van der Waals surface area contributed by atoms with Crippen molar-refractivity contribution in [2.24, 2.45) is 0 Å². The Morgan fingerprint density at radius 1 is 1.20 bits per heavy atom. The standard InChI is InChI=1S/C22H28N6O2/c1-14-6-7-20(23-11-14)17-8-18(22(30)26-15(2)12-29)10-19(9-17)28-21(24-13-25-28)16(3)27(4)5/h6-11,13,15-16,29H,12H2,1-5H3,(H,26,30). The molecule has 0 aliphatic carbocycles. The number of aliphatic hydroxyl groups is 1. The fourth-order valence-corrected chi connectivity index (χ4v) is 2.97. The van der Waals surface area contributed by atoms with E-state index in [4.69, 9.17) is 0 Å². The highest BCUT2D eigenvalue weighted by molar-refractivity contribution is 5.96. The van der Waals surface area contributed by atoms with Gasteiger partial charge in [-0.3, -0.25) is 14.7 Å². The molecule has 0 aliphatic rings. The molecule has 2 unspecified atom stereocenters. The minimum absolute atomic E-state index is 0.0281. The number of pyridine rings is 1. The highest BCUT2D eigenvalue weighted by Gasteiger charge is 2.19. The van der Waals surface area contributed by atoms with Gasteiger partial charge in [0.2, 0.25) is 0 Å². The number of carbonyl (C=O) groups is 1. The van der Waals surface area contributed by atoms with Crippen LogP contribution < -0.4 is 5.32 Å². The van der Waals surface area contributed by atoms with Gasteiger partial charge in [-0.2, -0.15) is 5.10 Å². The van der Waals surface area contributed by atoms with Gasteiger partial charge in [0.25, 0.3) is 5.91 Å². The Bertz CT molecular complexity index is 1010. The first-order valence-electron chi connectivity index (χ1n) is 9.86. The second-order valence-corrected chi connectivity index (χ2v) is 7.72. The second kappa shape index (κ2) is 9.15. The molecule has 2 aromatic heterocycles. The summed E-state index contributed by atoms with van der Waals surface area (Å²) in [5.41, 5.74) is 3.80. The van der Waals surface area contributed by atoms with E-state index in [9.17, 15) is 9.90 Å². The zero-order valence-corrected chi connectivity index (χ0v) is 18.0. The first kappa shape index (κ1) is 21.6. The van der Waals surface area contributed by atoms with Gasteiger partial charge in [-0.05, 0) is 64.7 Å². The van der Waals surface area contributed by atoms with Gasteiger partial charge in [-0.15, -0.1) is 0 Å². The lowest BCUT2D eigenvalue weighted by Gasteiger charge is -2.20. The van der Waals surface area contributed by atoms with Crippen LogP contribution in [-0.4, -0.2) is 62.4 Å². The van der Waals surface area contributed by atoms with Gasteiger partial charge in [0.05, 0.1) is 24.0 Å². The van der Waals surface area contributed by atoms with Crippen molar-refractivity contribution in [2.45, 2.75) is 32.9 Å². The number of aromatic nitrogens is 4. The minimum Gasteiger partial charge on any atom is -0.394 e. The molecule has 3 rings (SSSR count). The highest BCUT2D eigenvalue weighted by atomic mass is 16.3. The van der Waals surface area contributed by atoms with Crippen molar-refractivity contribution < 1.29 is 9.90 Å². The molecule has 2 atom stereocenters. The Kier molecular flexibility index (Phi) is 6.59. The average Bonchev–Trinajstić information content (AvgIpc) is 3.23. The highest BCUT2D eigenvalue weighted by Crippen LogP contribution is 2.25. The van der Waals surface area contributed by atoms with Gasteiger partial charge < -0.3 is 10.4 Å². The van der Waals surface area contributed by atoms with Crippen LogP contribution in [0.15, 0.2) is 42.9 Å². The van der Waals surface area contributed by atoms with E-state index in [0.29, 0.717) is 5.56 Å². The monoisotopic (exact) mass is 408 g/mol. The number of aliphatic hydroxyl groups excluding tert-OH is 1. The molecular weight excluding hydrogens is 380 g/mol. The molecule has 1 aromatic carbocycles. The first-order valence-corrected chi connectivity index (χ1v) is 9.86. The van der Waals surface area contributed by atoms with Crippen LogP contribution in [0, 0.1) is 6.92 Å². The van der Waals surface area contributed by atoms with E-state index in [2.05, 4.69) is 20.4 Å². The molecule has 0 bridgehead atoms. The van der Waals surface area contributed by atoms with Crippen LogP contribution >= 0.6 is 0 Å². The molecule has 158 valence electrons. The summed E-state index contributed by atoms with van der Waals surface area (Å²) in [6.07, 6.45) is 3.31. The topological polar surface area (TPSA) is 96.2 Å². The van der Waals surface area contributed by atoms with Crippen molar-refractivity contribution >= 4 is 5.91 Å². The van der Waals surface area contributed by atoms with Gasteiger partial charge in [0.1, 0.15) is 12.2 Å². The number of nitrogens with zero attached hydrogens (tertiary/aromatic N) is 5. The van der Waals surface area contributed by atoms with Crippen LogP contribution in [0.25, 0.3) is 16.9 Å². The molecule has 0 spiro atoms. The number of benzene rings is 1. The lowest BCUT2D eigenvalue weighted by molar-refractivity contribution is 0.0922. The Morgan fingerprint density at radius 3 is 2.60 bits per heavy atom. The molecule has 1 amide bonds. The third-order valence-electron chi connectivity index (χ3n) is 5.01. The SMILES string of the molecule is Cc1ccc(-c2cc(C(=O)NC(C)CO)cc(-n3ncnc3C(C)N(C)C)c2)nc1. The smallest absolute Gasteiger partial charge is 0.251 e. The summed E-state index contributed by atoms with van der Waals surface area (Å²) in [6, 6.07) is 9.11. The van der Waals surface area contributed by atoms with E-state index in [1.165, 1.54) is 6.33 Å². The molecule has 0 saturated heterocycles. The predicted molar refractivity (Wildman–Crippen MR) is 115 cm³/mol. The molecule has 8 heteroatoms. The maximum atomic E-state index is 12.8. The van der Waals surface area contributed by atoms with E-state index in [1.54, 1.807) is 29.9 Å². The number of amides is 1. The van der Waals surface area contributed by atoms with Crippen molar-refractivity contribution in [1.29, 1.82) is 0 Å². The Morgan fingerprint density at radius 2 is 1.97 bits per heavy atom. The van der Waals surface area contributed by atoms with Crippen LogP contribution in [0.3, 0.4) is 0 Å². The predicted octanol–water partition coefficient (Wildman–Crippen LogP) is 2.37. The molecule has 3 aromatic rings. The fraction of sp³-hybridized carbons (Fsp3) is 0.364. The Balaban J connectivity index is 2.12. The molecule has 0 fully saturated rings. The maximum Gasteiger partial charge on any atom is 0.251 e. The largest absolute Gasteiger partial charge is 0.394 e. The van der Waals surface area contributed by atoms with Crippen LogP contribution in [0.4, 0.5) is 0 Å². The molecule has 30 heavy (non-hydrogen) atoms. The van der Waals surface area contributed by atoms with E-state index in [0.717, 1.165) is 28.3 Å². The van der Waals surface area contributed by atoms with E-state index in [-0.39, 0.29) is 24.6 Å². The lowest BCUT2D eigenvalue weighted by Crippen LogP contribution is -2.35. The summed E-state index contributed by atoms with van der Waals surface area (Å²) in [7, 11) is 3.96. The Labute approximate surface area is 176 Å². The Hall–Kier alpha value is -3.10. The molecule has 0 radical (unpaired) electrons. The van der Waals surface area contributed by atoms with Crippen molar-refractivity contribution in [3.05, 3.63) is 59.8 Å². The zero-order chi connectivity index (χ0) is 21.8. The maximum absolute atomic E-state index is 12.8. The number of rotatable bonds is 7. The van der Waals surface area contributed by atoms with Gasteiger partial charge in [-0.1, -0.05) is 6.07 Å². The van der Waals surface area contributed by atoms with Gasteiger partial charge in [0.15, 0.2) is 0 Å². The minimum atomic E-state index is -0.349. The number of hydrogen-bond acceptors (Lipinski definition) is 6. The van der Waals surface area contributed by atoms with E-state index >= 15 is 0 Å². The van der Waals surface area contributed by atoms with Crippen LogP contribution in [0.1, 0.15) is 41.6 Å². The summed E-state index contributed by atoms with van der Waals surface area (Å²) >= 11 is 0. The van der Waals surface area contributed by atoms with Crippen molar-refractivity contribution in [2.75, 3.05) is 20.7 Å². The first-order chi connectivity index (χ1) is 14.3.